The molecule has 1 aromatic carbocycles. The van der Waals surface area contributed by atoms with Crippen molar-refractivity contribution in [2.75, 3.05) is 6.54 Å². The zero-order chi connectivity index (χ0) is 13.2. The molecule has 4 nitrogen and oxygen atoms in total. The summed E-state index contributed by atoms with van der Waals surface area (Å²) >= 11 is 0. The molecule has 1 aromatic heterocycles. The van der Waals surface area contributed by atoms with Gasteiger partial charge in [0.15, 0.2) is 0 Å². The number of benzene rings is 1. The smallest absolute Gasteiger partial charge is 0.237 e. The van der Waals surface area contributed by atoms with Crippen LogP contribution >= 0.6 is 0 Å². The maximum absolute atomic E-state index is 11.7. The summed E-state index contributed by atoms with van der Waals surface area (Å²) in [7, 11) is 0. The first-order valence-corrected chi connectivity index (χ1v) is 6.74. The third-order valence-corrected chi connectivity index (χ3v) is 3.71. The van der Waals surface area contributed by atoms with Gasteiger partial charge in [-0.1, -0.05) is 18.2 Å². The normalized spacial score (nSPS) is 19.6. The molecule has 2 aromatic rings. The monoisotopic (exact) mass is 258 g/mol. The fourth-order valence-corrected chi connectivity index (χ4v) is 2.63. The average molecular weight is 258 g/mol. The van der Waals surface area contributed by atoms with E-state index in [4.69, 9.17) is 4.42 Å². The Bertz CT molecular complexity index is 603. The van der Waals surface area contributed by atoms with Crippen LogP contribution in [0.15, 0.2) is 28.7 Å². The third-order valence-electron chi connectivity index (χ3n) is 3.71. The molecule has 3 rings (SSSR count). The molecule has 0 radical (unpaired) electrons. The summed E-state index contributed by atoms with van der Waals surface area (Å²) in [5.74, 6) is 1.03. The number of hydrogen-bond acceptors (Lipinski definition) is 3. The van der Waals surface area contributed by atoms with Gasteiger partial charge in [-0.2, -0.15) is 0 Å². The number of hydrogen-bond donors (Lipinski definition) is 2. The number of furan rings is 1. The highest BCUT2D eigenvalue weighted by Crippen LogP contribution is 2.25. The Balaban J connectivity index is 1.78. The molecule has 0 spiro atoms. The third kappa shape index (κ3) is 2.36. The largest absolute Gasteiger partial charge is 0.461 e. The van der Waals surface area contributed by atoms with Crippen LogP contribution in [0.3, 0.4) is 0 Å². The Hall–Kier alpha value is -1.81. The lowest BCUT2D eigenvalue weighted by molar-refractivity contribution is -0.124. The molecule has 100 valence electrons. The Labute approximate surface area is 112 Å². The summed E-state index contributed by atoms with van der Waals surface area (Å²) in [5, 5.41) is 7.35. The van der Waals surface area contributed by atoms with Gasteiger partial charge < -0.3 is 15.1 Å². The number of carbonyl (C=O) groups is 1. The van der Waals surface area contributed by atoms with Gasteiger partial charge in [0.1, 0.15) is 11.3 Å². The van der Waals surface area contributed by atoms with E-state index in [9.17, 15) is 4.79 Å². The Morgan fingerprint density at radius 3 is 3.11 bits per heavy atom. The van der Waals surface area contributed by atoms with Crippen LogP contribution in [0.2, 0.25) is 0 Å². The van der Waals surface area contributed by atoms with Crippen LogP contribution in [0.5, 0.6) is 0 Å². The molecule has 1 amide bonds. The number of rotatable bonds is 3. The van der Waals surface area contributed by atoms with E-state index >= 15 is 0 Å². The first kappa shape index (κ1) is 12.2. The van der Waals surface area contributed by atoms with Crippen LogP contribution in [-0.2, 0) is 11.3 Å². The van der Waals surface area contributed by atoms with Crippen molar-refractivity contribution in [2.24, 2.45) is 0 Å². The molecule has 2 heterocycles. The summed E-state index contributed by atoms with van der Waals surface area (Å²) in [6.07, 6.45) is 1.94. The van der Waals surface area contributed by atoms with Gasteiger partial charge in [0.05, 0.1) is 6.04 Å². The van der Waals surface area contributed by atoms with E-state index in [1.807, 2.05) is 25.1 Å². The van der Waals surface area contributed by atoms with Crippen molar-refractivity contribution in [3.63, 3.8) is 0 Å². The van der Waals surface area contributed by atoms with E-state index < -0.39 is 0 Å². The molecular formula is C15H18N2O2. The van der Waals surface area contributed by atoms with Gasteiger partial charge >= 0.3 is 0 Å². The fraction of sp³-hybridized carbons (Fsp3) is 0.400. The summed E-state index contributed by atoms with van der Waals surface area (Å²) in [5.41, 5.74) is 2.05. The standard InChI is InChI=1S/C15H18N2O2/c1-10-12(11-5-2-3-7-14(11)19-10)9-17-13-6-4-8-16-15(13)18/h2-3,5,7,13,17H,4,6,8-9H2,1H3,(H,16,18). The number of nitrogens with one attached hydrogen (secondary N) is 2. The lowest BCUT2D eigenvalue weighted by Crippen LogP contribution is -2.47. The highest BCUT2D eigenvalue weighted by Gasteiger charge is 2.22. The number of aryl methyl sites for hydroxylation is 1. The zero-order valence-electron chi connectivity index (χ0n) is 11.0. The van der Waals surface area contributed by atoms with E-state index in [1.165, 1.54) is 0 Å². The number of amides is 1. The van der Waals surface area contributed by atoms with Crippen LogP contribution in [0, 0.1) is 6.92 Å². The van der Waals surface area contributed by atoms with E-state index in [-0.39, 0.29) is 11.9 Å². The van der Waals surface area contributed by atoms with Crippen molar-refractivity contribution < 1.29 is 9.21 Å². The van der Waals surface area contributed by atoms with Crippen molar-refractivity contribution in [1.82, 2.24) is 10.6 Å². The highest BCUT2D eigenvalue weighted by atomic mass is 16.3. The van der Waals surface area contributed by atoms with Crippen LogP contribution in [0.25, 0.3) is 11.0 Å². The predicted octanol–water partition coefficient (Wildman–Crippen LogP) is 2.11. The zero-order valence-corrected chi connectivity index (χ0v) is 11.0. The minimum atomic E-state index is -0.0817. The minimum Gasteiger partial charge on any atom is -0.461 e. The van der Waals surface area contributed by atoms with Gasteiger partial charge in [-0.15, -0.1) is 0 Å². The Kier molecular flexibility index (Phi) is 3.25. The number of piperidine rings is 1. The van der Waals surface area contributed by atoms with E-state index in [1.54, 1.807) is 0 Å². The van der Waals surface area contributed by atoms with Crippen LogP contribution < -0.4 is 10.6 Å². The van der Waals surface area contributed by atoms with E-state index in [0.29, 0.717) is 6.54 Å². The number of fused-ring (bicyclic) bond motifs is 1. The molecule has 19 heavy (non-hydrogen) atoms. The van der Waals surface area contributed by atoms with Gasteiger partial charge in [0, 0.05) is 24.0 Å². The molecular weight excluding hydrogens is 240 g/mol. The lowest BCUT2D eigenvalue weighted by atomic mass is 10.1. The molecule has 1 fully saturated rings. The van der Waals surface area contributed by atoms with Crippen molar-refractivity contribution >= 4 is 16.9 Å². The minimum absolute atomic E-state index is 0.0817. The molecule has 0 bridgehead atoms. The molecule has 0 aliphatic carbocycles. The second kappa shape index (κ2) is 5.05. The second-order valence-electron chi connectivity index (χ2n) is 5.00. The molecule has 1 unspecified atom stereocenters. The SMILES string of the molecule is Cc1oc2ccccc2c1CNC1CCCNC1=O. The van der Waals surface area contributed by atoms with Crippen molar-refractivity contribution in [2.45, 2.75) is 32.4 Å². The molecule has 1 atom stereocenters. The Morgan fingerprint density at radius 1 is 1.42 bits per heavy atom. The van der Waals surface area contributed by atoms with Gasteiger partial charge in [0.25, 0.3) is 0 Å². The Morgan fingerprint density at radius 2 is 2.26 bits per heavy atom. The van der Waals surface area contributed by atoms with Gasteiger partial charge in [0.2, 0.25) is 5.91 Å². The maximum Gasteiger partial charge on any atom is 0.237 e. The van der Waals surface area contributed by atoms with Crippen LogP contribution in [0.1, 0.15) is 24.2 Å². The van der Waals surface area contributed by atoms with Gasteiger partial charge in [-0.3, -0.25) is 4.79 Å². The second-order valence-corrected chi connectivity index (χ2v) is 5.00. The van der Waals surface area contributed by atoms with Crippen LogP contribution in [0.4, 0.5) is 0 Å². The van der Waals surface area contributed by atoms with E-state index in [2.05, 4.69) is 16.7 Å². The molecule has 1 saturated heterocycles. The van der Waals surface area contributed by atoms with Gasteiger partial charge in [-0.05, 0) is 25.8 Å². The van der Waals surface area contributed by atoms with Crippen molar-refractivity contribution in [3.8, 4) is 0 Å². The number of para-hydroxylation sites is 1. The lowest BCUT2D eigenvalue weighted by Gasteiger charge is -2.22. The van der Waals surface area contributed by atoms with Crippen molar-refractivity contribution in [3.05, 3.63) is 35.6 Å². The first-order valence-electron chi connectivity index (χ1n) is 6.74. The summed E-state index contributed by atoms with van der Waals surface area (Å²) < 4.78 is 5.73. The summed E-state index contributed by atoms with van der Waals surface area (Å²) in [4.78, 5) is 11.7. The molecule has 4 heteroatoms. The molecule has 1 aliphatic heterocycles. The first-order chi connectivity index (χ1) is 9.25. The maximum atomic E-state index is 11.7. The molecule has 0 saturated carbocycles. The molecule has 2 N–H and O–H groups in total. The predicted molar refractivity (Wildman–Crippen MR) is 73.8 cm³/mol. The van der Waals surface area contributed by atoms with E-state index in [0.717, 1.165) is 41.7 Å². The quantitative estimate of drug-likeness (QED) is 0.886. The fourth-order valence-electron chi connectivity index (χ4n) is 2.63. The number of carbonyl (C=O) groups excluding carboxylic acids is 1. The van der Waals surface area contributed by atoms with Gasteiger partial charge in [-0.25, -0.2) is 0 Å². The summed E-state index contributed by atoms with van der Waals surface area (Å²) in [6.45, 7) is 3.43. The van der Waals surface area contributed by atoms with Crippen molar-refractivity contribution in [1.29, 1.82) is 0 Å². The average Bonchev–Trinajstić information content (AvgIpc) is 2.74. The summed E-state index contributed by atoms with van der Waals surface area (Å²) in [6, 6.07) is 7.93. The highest BCUT2D eigenvalue weighted by molar-refractivity contribution is 5.83. The molecule has 1 aliphatic rings. The topological polar surface area (TPSA) is 54.3 Å². The van der Waals surface area contributed by atoms with Crippen LogP contribution in [-0.4, -0.2) is 18.5 Å².